The fourth-order valence-electron chi connectivity index (χ4n) is 3.24. The topological polar surface area (TPSA) is 85.2 Å². The predicted molar refractivity (Wildman–Crippen MR) is 116 cm³/mol. The SMILES string of the molecule is N#CCCSc1ccccc1NC(=O)[C@H]1CCCN(C(=O)Nc2ccccc2)C1. The molecule has 3 rings (SSSR count). The summed E-state index contributed by atoms with van der Waals surface area (Å²) in [5, 5.41) is 14.6. The number of urea groups is 1. The van der Waals surface area contributed by atoms with Crippen molar-refractivity contribution in [2.24, 2.45) is 5.92 Å². The van der Waals surface area contributed by atoms with Crippen molar-refractivity contribution in [2.75, 3.05) is 29.5 Å². The van der Waals surface area contributed by atoms with E-state index in [9.17, 15) is 9.59 Å². The van der Waals surface area contributed by atoms with Gasteiger partial charge in [0.05, 0.1) is 17.7 Å². The minimum absolute atomic E-state index is 0.0736. The average Bonchev–Trinajstić information content (AvgIpc) is 2.76. The van der Waals surface area contributed by atoms with Crippen LogP contribution in [-0.4, -0.2) is 35.7 Å². The lowest BCUT2D eigenvalue weighted by atomic mass is 9.97. The number of nitriles is 1. The van der Waals surface area contributed by atoms with E-state index in [4.69, 9.17) is 5.26 Å². The summed E-state index contributed by atoms with van der Waals surface area (Å²) in [6.45, 7) is 1.04. The van der Waals surface area contributed by atoms with Crippen LogP contribution in [0, 0.1) is 17.2 Å². The molecule has 29 heavy (non-hydrogen) atoms. The molecule has 1 heterocycles. The number of anilines is 2. The van der Waals surface area contributed by atoms with Crippen LogP contribution in [-0.2, 0) is 4.79 Å². The molecule has 2 aromatic carbocycles. The molecule has 2 aromatic rings. The molecule has 150 valence electrons. The highest BCUT2D eigenvalue weighted by molar-refractivity contribution is 7.99. The van der Waals surface area contributed by atoms with Crippen molar-refractivity contribution < 1.29 is 9.59 Å². The summed E-state index contributed by atoms with van der Waals surface area (Å²) in [6.07, 6.45) is 2.00. The molecule has 0 spiro atoms. The largest absolute Gasteiger partial charge is 0.325 e. The molecule has 7 heteroatoms. The van der Waals surface area contributed by atoms with E-state index in [2.05, 4.69) is 16.7 Å². The molecule has 1 aliphatic rings. The highest BCUT2D eigenvalue weighted by atomic mass is 32.2. The van der Waals surface area contributed by atoms with Crippen LogP contribution in [0.25, 0.3) is 0 Å². The molecule has 0 aromatic heterocycles. The monoisotopic (exact) mass is 408 g/mol. The Morgan fingerprint density at radius 2 is 1.86 bits per heavy atom. The number of hydrogen-bond acceptors (Lipinski definition) is 4. The van der Waals surface area contributed by atoms with Crippen LogP contribution in [0.1, 0.15) is 19.3 Å². The molecule has 2 N–H and O–H groups in total. The maximum atomic E-state index is 12.8. The fourth-order valence-corrected chi connectivity index (χ4v) is 4.10. The number of nitrogens with one attached hydrogen (secondary N) is 2. The zero-order valence-corrected chi connectivity index (χ0v) is 17.0. The molecule has 6 nitrogen and oxygen atoms in total. The summed E-state index contributed by atoms with van der Waals surface area (Å²) in [5.74, 6) is 0.359. The van der Waals surface area contributed by atoms with Crippen LogP contribution in [0.3, 0.4) is 0 Å². The van der Waals surface area contributed by atoms with Gasteiger partial charge < -0.3 is 15.5 Å². The van der Waals surface area contributed by atoms with E-state index in [0.29, 0.717) is 25.3 Å². The summed E-state index contributed by atoms with van der Waals surface area (Å²) in [7, 11) is 0. The van der Waals surface area contributed by atoms with Gasteiger partial charge >= 0.3 is 6.03 Å². The van der Waals surface area contributed by atoms with Gasteiger partial charge in [0.15, 0.2) is 0 Å². The van der Waals surface area contributed by atoms with Gasteiger partial charge in [-0.05, 0) is 37.1 Å². The van der Waals surface area contributed by atoms with E-state index >= 15 is 0 Å². The Kier molecular flexibility index (Phi) is 7.54. The molecule has 0 bridgehead atoms. The van der Waals surface area contributed by atoms with E-state index in [-0.39, 0.29) is 17.9 Å². The molecule has 0 radical (unpaired) electrons. The molecule has 1 aliphatic heterocycles. The first-order valence-corrected chi connectivity index (χ1v) is 10.7. The van der Waals surface area contributed by atoms with Gasteiger partial charge in [-0.2, -0.15) is 5.26 Å². The van der Waals surface area contributed by atoms with E-state index in [1.807, 2.05) is 54.6 Å². The van der Waals surface area contributed by atoms with E-state index in [1.54, 1.807) is 16.7 Å². The van der Waals surface area contributed by atoms with Crippen LogP contribution in [0.5, 0.6) is 0 Å². The number of rotatable bonds is 6. The molecule has 1 saturated heterocycles. The van der Waals surface area contributed by atoms with Crippen molar-refractivity contribution in [1.29, 1.82) is 5.26 Å². The van der Waals surface area contributed by atoms with Crippen molar-refractivity contribution in [3.63, 3.8) is 0 Å². The van der Waals surface area contributed by atoms with Gasteiger partial charge in [0.2, 0.25) is 5.91 Å². The second kappa shape index (κ2) is 10.5. The molecule has 0 aliphatic carbocycles. The highest BCUT2D eigenvalue weighted by Gasteiger charge is 2.28. The Hall–Kier alpha value is -2.98. The number of hydrogen-bond donors (Lipinski definition) is 2. The number of piperidine rings is 1. The molecular formula is C22H24N4O2S. The predicted octanol–water partition coefficient (Wildman–Crippen LogP) is 4.57. The number of thioether (sulfide) groups is 1. The minimum atomic E-state index is -0.248. The lowest BCUT2D eigenvalue weighted by Gasteiger charge is -2.32. The number of carbonyl (C=O) groups excluding carboxylic acids is 2. The van der Waals surface area contributed by atoms with Gasteiger partial charge in [-0.25, -0.2) is 4.79 Å². The number of nitrogens with zero attached hydrogens (tertiary/aromatic N) is 2. The lowest BCUT2D eigenvalue weighted by Crippen LogP contribution is -2.45. The van der Waals surface area contributed by atoms with Crippen molar-refractivity contribution in [3.05, 3.63) is 54.6 Å². The summed E-state index contributed by atoms with van der Waals surface area (Å²) in [4.78, 5) is 28.0. The third-order valence-electron chi connectivity index (χ3n) is 4.72. The summed E-state index contributed by atoms with van der Waals surface area (Å²) < 4.78 is 0. The van der Waals surface area contributed by atoms with Crippen molar-refractivity contribution in [2.45, 2.75) is 24.2 Å². The third-order valence-corrected chi connectivity index (χ3v) is 5.80. The van der Waals surface area contributed by atoms with Gasteiger partial charge in [-0.1, -0.05) is 30.3 Å². The first kappa shape index (κ1) is 20.7. The summed E-state index contributed by atoms with van der Waals surface area (Å²) in [5.41, 5.74) is 1.50. The smallest absolute Gasteiger partial charge is 0.321 e. The lowest BCUT2D eigenvalue weighted by molar-refractivity contribution is -0.121. The molecular weight excluding hydrogens is 384 g/mol. The standard InChI is InChI=1S/C22H24N4O2S/c23-13-7-15-29-20-12-5-4-11-19(20)25-21(27)17-8-6-14-26(16-17)22(28)24-18-9-2-1-3-10-18/h1-5,9-12,17H,6-8,14-16H2,(H,24,28)(H,25,27)/t17-/m0/s1. The summed E-state index contributed by atoms with van der Waals surface area (Å²) in [6, 6.07) is 18.9. The number of para-hydroxylation sites is 2. The maximum Gasteiger partial charge on any atom is 0.321 e. The number of likely N-dealkylation sites (tertiary alicyclic amines) is 1. The second-order valence-electron chi connectivity index (χ2n) is 6.82. The quantitative estimate of drug-likeness (QED) is 0.541. The molecule has 3 amide bonds. The van der Waals surface area contributed by atoms with E-state index < -0.39 is 0 Å². The van der Waals surface area contributed by atoms with Gasteiger partial charge in [0.25, 0.3) is 0 Å². The Balaban J connectivity index is 1.59. The summed E-state index contributed by atoms with van der Waals surface area (Å²) >= 11 is 1.56. The third kappa shape index (κ3) is 6.00. The minimum Gasteiger partial charge on any atom is -0.325 e. The number of amides is 3. The van der Waals surface area contributed by atoms with Crippen LogP contribution in [0.4, 0.5) is 16.2 Å². The molecule has 0 unspecified atom stereocenters. The Morgan fingerprint density at radius 3 is 2.66 bits per heavy atom. The number of benzene rings is 2. The second-order valence-corrected chi connectivity index (χ2v) is 7.96. The Morgan fingerprint density at radius 1 is 1.10 bits per heavy atom. The van der Waals surface area contributed by atoms with Crippen LogP contribution in [0.2, 0.25) is 0 Å². The first-order chi connectivity index (χ1) is 14.2. The van der Waals surface area contributed by atoms with Gasteiger partial charge in [-0.15, -0.1) is 11.8 Å². The van der Waals surface area contributed by atoms with Crippen LogP contribution < -0.4 is 10.6 Å². The van der Waals surface area contributed by atoms with Gasteiger partial charge in [0.1, 0.15) is 0 Å². The number of carbonyl (C=O) groups is 2. The molecule has 1 atom stereocenters. The van der Waals surface area contributed by atoms with Crippen LogP contribution >= 0.6 is 11.8 Å². The Labute approximate surface area is 175 Å². The molecule has 1 fully saturated rings. The van der Waals surface area contributed by atoms with Crippen molar-refractivity contribution in [3.8, 4) is 6.07 Å². The Bertz CT molecular complexity index is 882. The van der Waals surface area contributed by atoms with Crippen LogP contribution in [0.15, 0.2) is 59.5 Å². The zero-order chi connectivity index (χ0) is 20.5. The first-order valence-electron chi connectivity index (χ1n) is 9.68. The highest BCUT2D eigenvalue weighted by Crippen LogP contribution is 2.28. The van der Waals surface area contributed by atoms with E-state index in [1.165, 1.54) is 0 Å². The van der Waals surface area contributed by atoms with Crippen molar-refractivity contribution >= 4 is 35.1 Å². The molecule has 0 saturated carbocycles. The zero-order valence-electron chi connectivity index (χ0n) is 16.1. The maximum absolute atomic E-state index is 12.8. The van der Waals surface area contributed by atoms with Gasteiger partial charge in [0, 0.05) is 35.8 Å². The van der Waals surface area contributed by atoms with Gasteiger partial charge in [-0.3, -0.25) is 4.79 Å². The normalized spacial score (nSPS) is 16.0. The fraction of sp³-hybridized carbons (Fsp3) is 0.318. The average molecular weight is 409 g/mol. The van der Waals surface area contributed by atoms with Crippen molar-refractivity contribution in [1.82, 2.24) is 4.90 Å². The van der Waals surface area contributed by atoms with E-state index in [0.717, 1.165) is 29.1 Å².